The second-order valence-electron chi connectivity index (χ2n) is 5.86. The van der Waals surface area contributed by atoms with Gasteiger partial charge in [0.1, 0.15) is 0 Å². The van der Waals surface area contributed by atoms with Crippen molar-refractivity contribution < 1.29 is 0 Å². The summed E-state index contributed by atoms with van der Waals surface area (Å²) < 4.78 is 0. The van der Waals surface area contributed by atoms with Crippen LogP contribution < -0.4 is 0 Å². The quantitative estimate of drug-likeness (QED) is 0.341. The summed E-state index contributed by atoms with van der Waals surface area (Å²) in [7, 11) is 0. The molecule has 0 bridgehead atoms. The zero-order valence-corrected chi connectivity index (χ0v) is 12.6. The minimum absolute atomic E-state index is 0.548. The van der Waals surface area contributed by atoms with Crippen molar-refractivity contribution in [1.82, 2.24) is 0 Å². The first-order valence-electron chi connectivity index (χ1n) is 7.23. The van der Waals surface area contributed by atoms with E-state index in [9.17, 15) is 0 Å². The minimum Gasteiger partial charge on any atom is -0.179 e. The van der Waals surface area contributed by atoms with Gasteiger partial charge in [-0.15, -0.1) is 0 Å². The molecule has 0 fully saturated rings. The Kier molecular flexibility index (Phi) is 10.7. The standard InChI is InChI=1S/C15H32S/c1-4-5-6-7-8-9-10-12-15(2,3)13-11-14-16/h16H,4-14H2,1-3H3. The third-order valence-electron chi connectivity index (χ3n) is 3.47. The maximum Gasteiger partial charge on any atom is -0.00977 e. The van der Waals surface area contributed by atoms with Crippen LogP contribution in [0.4, 0.5) is 0 Å². The molecule has 0 aliphatic carbocycles. The van der Waals surface area contributed by atoms with Gasteiger partial charge >= 0.3 is 0 Å². The fraction of sp³-hybridized carbons (Fsp3) is 1.00. The van der Waals surface area contributed by atoms with Crippen molar-refractivity contribution in [3.8, 4) is 0 Å². The van der Waals surface area contributed by atoms with Crippen LogP contribution in [0.25, 0.3) is 0 Å². The van der Waals surface area contributed by atoms with Crippen LogP contribution in [-0.2, 0) is 0 Å². The Morgan fingerprint density at radius 3 is 1.81 bits per heavy atom. The fourth-order valence-corrected chi connectivity index (χ4v) is 2.40. The number of rotatable bonds is 11. The molecule has 0 N–H and O–H groups in total. The molecule has 98 valence electrons. The molecule has 0 heterocycles. The Morgan fingerprint density at radius 1 is 0.750 bits per heavy atom. The molecule has 0 aromatic carbocycles. The van der Waals surface area contributed by atoms with Crippen LogP contribution in [0.3, 0.4) is 0 Å². The lowest BCUT2D eigenvalue weighted by atomic mass is 9.82. The van der Waals surface area contributed by atoms with E-state index in [1.54, 1.807) is 0 Å². The zero-order valence-electron chi connectivity index (χ0n) is 11.7. The van der Waals surface area contributed by atoms with E-state index >= 15 is 0 Å². The SMILES string of the molecule is CCCCCCCCCC(C)(C)CCCS. The van der Waals surface area contributed by atoms with Gasteiger partial charge < -0.3 is 0 Å². The molecule has 0 aromatic rings. The first kappa shape index (κ1) is 16.4. The summed E-state index contributed by atoms with van der Waals surface area (Å²) in [6.45, 7) is 7.10. The second-order valence-corrected chi connectivity index (χ2v) is 6.31. The Balaban J connectivity index is 3.29. The van der Waals surface area contributed by atoms with Crippen molar-refractivity contribution in [2.45, 2.75) is 85.0 Å². The predicted molar refractivity (Wildman–Crippen MR) is 79.5 cm³/mol. The van der Waals surface area contributed by atoms with Crippen LogP contribution in [0.2, 0.25) is 0 Å². The van der Waals surface area contributed by atoms with Crippen molar-refractivity contribution in [3.63, 3.8) is 0 Å². The molecule has 0 nitrogen and oxygen atoms in total. The average Bonchev–Trinajstić information content (AvgIpc) is 2.25. The summed E-state index contributed by atoms with van der Waals surface area (Å²) in [5, 5.41) is 0. The number of unbranched alkanes of at least 4 members (excludes halogenated alkanes) is 6. The van der Waals surface area contributed by atoms with Crippen molar-refractivity contribution in [2.24, 2.45) is 5.41 Å². The molecule has 0 unspecified atom stereocenters. The normalized spacial score (nSPS) is 12.0. The monoisotopic (exact) mass is 244 g/mol. The average molecular weight is 244 g/mol. The van der Waals surface area contributed by atoms with E-state index in [0.717, 1.165) is 5.75 Å². The van der Waals surface area contributed by atoms with Gasteiger partial charge in [0.15, 0.2) is 0 Å². The Labute approximate surface area is 109 Å². The second kappa shape index (κ2) is 10.5. The molecule has 16 heavy (non-hydrogen) atoms. The number of thiol groups is 1. The summed E-state index contributed by atoms with van der Waals surface area (Å²) in [5.41, 5.74) is 0.548. The van der Waals surface area contributed by atoms with Crippen LogP contribution in [-0.4, -0.2) is 5.75 Å². The highest BCUT2D eigenvalue weighted by molar-refractivity contribution is 7.80. The van der Waals surface area contributed by atoms with Crippen molar-refractivity contribution in [3.05, 3.63) is 0 Å². The Hall–Kier alpha value is 0.350. The molecule has 0 spiro atoms. The lowest BCUT2D eigenvalue weighted by Crippen LogP contribution is -2.11. The van der Waals surface area contributed by atoms with Crippen LogP contribution in [0.1, 0.15) is 85.0 Å². The molecule has 0 aliphatic rings. The van der Waals surface area contributed by atoms with Gasteiger partial charge in [0, 0.05) is 0 Å². The van der Waals surface area contributed by atoms with Gasteiger partial charge in [0.2, 0.25) is 0 Å². The molecule has 0 amide bonds. The highest BCUT2D eigenvalue weighted by Gasteiger charge is 2.15. The summed E-state index contributed by atoms with van der Waals surface area (Å²) in [6.07, 6.45) is 14.0. The van der Waals surface area contributed by atoms with Crippen molar-refractivity contribution in [2.75, 3.05) is 5.75 Å². The molecular formula is C15H32S. The van der Waals surface area contributed by atoms with Crippen molar-refractivity contribution >= 4 is 12.6 Å². The van der Waals surface area contributed by atoms with E-state index < -0.39 is 0 Å². The van der Waals surface area contributed by atoms with Gasteiger partial charge in [-0.1, -0.05) is 65.7 Å². The van der Waals surface area contributed by atoms with E-state index in [-0.39, 0.29) is 0 Å². The smallest absolute Gasteiger partial charge is 0.00977 e. The van der Waals surface area contributed by atoms with E-state index in [4.69, 9.17) is 0 Å². The molecule has 0 rings (SSSR count). The van der Waals surface area contributed by atoms with E-state index in [2.05, 4.69) is 33.4 Å². The topological polar surface area (TPSA) is 0 Å². The largest absolute Gasteiger partial charge is 0.179 e. The predicted octanol–water partition coefficient (Wildman–Crippen LogP) is 5.86. The lowest BCUT2D eigenvalue weighted by molar-refractivity contribution is 0.292. The molecule has 0 radical (unpaired) electrons. The highest BCUT2D eigenvalue weighted by atomic mass is 32.1. The van der Waals surface area contributed by atoms with Crippen LogP contribution in [0.15, 0.2) is 0 Å². The third-order valence-corrected chi connectivity index (χ3v) is 3.79. The molecule has 0 aliphatic heterocycles. The van der Waals surface area contributed by atoms with Gasteiger partial charge in [0.05, 0.1) is 0 Å². The Bertz CT molecular complexity index is 140. The number of hydrogen-bond acceptors (Lipinski definition) is 1. The van der Waals surface area contributed by atoms with Crippen LogP contribution in [0, 0.1) is 5.41 Å². The van der Waals surface area contributed by atoms with E-state index in [1.165, 1.54) is 64.2 Å². The molecule has 0 saturated carbocycles. The summed E-state index contributed by atoms with van der Waals surface area (Å²) in [5.74, 6) is 1.04. The summed E-state index contributed by atoms with van der Waals surface area (Å²) in [4.78, 5) is 0. The maximum atomic E-state index is 4.29. The maximum absolute atomic E-state index is 4.29. The summed E-state index contributed by atoms with van der Waals surface area (Å²) >= 11 is 4.29. The fourth-order valence-electron chi connectivity index (χ4n) is 2.24. The Morgan fingerprint density at radius 2 is 1.25 bits per heavy atom. The van der Waals surface area contributed by atoms with Gasteiger partial charge in [-0.25, -0.2) is 0 Å². The molecule has 0 aromatic heterocycles. The molecule has 0 saturated heterocycles. The van der Waals surface area contributed by atoms with Gasteiger partial charge in [-0.05, 0) is 30.4 Å². The summed E-state index contributed by atoms with van der Waals surface area (Å²) in [6, 6.07) is 0. The molecular weight excluding hydrogens is 212 g/mol. The van der Waals surface area contributed by atoms with Gasteiger partial charge in [-0.3, -0.25) is 0 Å². The van der Waals surface area contributed by atoms with Crippen molar-refractivity contribution in [1.29, 1.82) is 0 Å². The lowest BCUT2D eigenvalue weighted by Gasteiger charge is -2.24. The van der Waals surface area contributed by atoms with Crippen LogP contribution in [0.5, 0.6) is 0 Å². The number of hydrogen-bond donors (Lipinski definition) is 1. The van der Waals surface area contributed by atoms with Gasteiger partial charge in [-0.2, -0.15) is 12.6 Å². The zero-order chi connectivity index (χ0) is 12.3. The first-order chi connectivity index (χ1) is 7.62. The van der Waals surface area contributed by atoms with Crippen LogP contribution >= 0.6 is 12.6 Å². The molecule has 0 atom stereocenters. The van der Waals surface area contributed by atoms with E-state index in [0.29, 0.717) is 5.41 Å². The van der Waals surface area contributed by atoms with E-state index in [1.807, 2.05) is 0 Å². The third kappa shape index (κ3) is 10.9. The minimum atomic E-state index is 0.548. The molecule has 1 heteroatoms. The first-order valence-corrected chi connectivity index (χ1v) is 7.86. The highest BCUT2D eigenvalue weighted by Crippen LogP contribution is 2.29. The van der Waals surface area contributed by atoms with Gasteiger partial charge in [0.25, 0.3) is 0 Å².